The highest BCUT2D eigenvalue weighted by molar-refractivity contribution is 9.10. The molecule has 1 N–H and O–H groups in total. The smallest absolute Gasteiger partial charge is 0.291 e. The van der Waals surface area contributed by atoms with Gasteiger partial charge in [-0.15, -0.1) is 0 Å². The lowest BCUT2D eigenvalue weighted by Crippen LogP contribution is -2.35. The van der Waals surface area contributed by atoms with Crippen LogP contribution >= 0.6 is 15.9 Å². The van der Waals surface area contributed by atoms with E-state index in [1.54, 1.807) is 13.0 Å². The van der Waals surface area contributed by atoms with Crippen LogP contribution in [0.15, 0.2) is 16.7 Å². The summed E-state index contributed by atoms with van der Waals surface area (Å²) >= 11 is 3.18. The van der Waals surface area contributed by atoms with Gasteiger partial charge in [0, 0.05) is 10.3 Å². The number of carbonyl (C=O) groups excluding carboxylic acids is 1. The maximum Gasteiger partial charge on any atom is 0.299 e. The van der Waals surface area contributed by atoms with Gasteiger partial charge >= 0.3 is 0 Å². The second kappa shape index (κ2) is 3.00. The van der Waals surface area contributed by atoms with Crippen molar-refractivity contribution in [2.24, 2.45) is 0 Å². The number of nitrogens with zero attached hydrogens (tertiary/aromatic N) is 1. The minimum absolute atomic E-state index is 0.271. The van der Waals surface area contributed by atoms with E-state index in [1.165, 1.54) is 6.20 Å². The Morgan fingerprint density at radius 3 is 2.82 bits per heavy atom. The Hall–Kier alpha value is -0.900. The van der Waals surface area contributed by atoms with Crippen molar-refractivity contribution in [3.63, 3.8) is 0 Å². The first-order chi connectivity index (χ1) is 5.15. The first-order valence-corrected chi connectivity index (χ1v) is 3.80. The van der Waals surface area contributed by atoms with Gasteiger partial charge in [-0.1, -0.05) is 0 Å². The fourth-order valence-corrected chi connectivity index (χ4v) is 1.37. The molecule has 0 aliphatic carbocycles. The van der Waals surface area contributed by atoms with Crippen LogP contribution < -0.4 is 4.73 Å². The molecule has 1 aromatic heterocycles. The fourth-order valence-electron chi connectivity index (χ4n) is 0.832. The second-order valence-corrected chi connectivity index (χ2v) is 3.10. The van der Waals surface area contributed by atoms with E-state index in [2.05, 4.69) is 15.9 Å². The highest BCUT2D eigenvalue weighted by Gasteiger charge is 2.13. The Kier molecular flexibility index (Phi) is 2.24. The number of carbonyl (C=O) groups is 1. The van der Waals surface area contributed by atoms with Crippen molar-refractivity contribution in [1.82, 2.24) is 0 Å². The zero-order chi connectivity index (χ0) is 8.43. The molecule has 0 unspecified atom stereocenters. The van der Waals surface area contributed by atoms with Crippen LogP contribution in [0.5, 0.6) is 0 Å². The van der Waals surface area contributed by atoms with Crippen molar-refractivity contribution in [3.05, 3.63) is 28.0 Å². The van der Waals surface area contributed by atoms with Gasteiger partial charge in [0.05, 0.1) is 4.47 Å². The highest BCUT2D eigenvalue weighted by atomic mass is 79.9. The van der Waals surface area contributed by atoms with Crippen LogP contribution in [0.1, 0.15) is 16.1 Å². The topological polar surface area (TPSA) is 41.2 Å². The van der Waals surface area contributed by atoms with Crippen LogP contribution in [-0.2, 0) is 0 Å². The van der Waals surface area contributed by atoms with Gasteiger partial charge in [-0.3, -0.25) is 10.0 Å². The largest absolute Gasteiger partial charge is 0.299 e. The van der Waals surface area contributed by atoms with Crippen LogP contribution in [-0.4, -0.2) is 11.5 Å². The molecular formula is C7H7BrNO2+. The number of aromatic nitrogens is 1. The Morgan fingerprint density at radius 2 is 2.36 bits per heavy atom. The number of pyridine rings is 1. The summed E-state index contributed by atoms with van der Waals surface area (Å²) in [6, 6.07) is 1.76. The summed E-state index contributed by atoms with van der Waals surface area (Å²) in [5.41, 5.74) is 1.00. The number of aldehydes is 1. The van der Waals surface area contributed by atoms with Crippen LogP contribution in [0, 0.1) is 6.92 Å². The van der Waals surface area contributed by atoms with E-state index < -0.39 is 0 Å². The summed E-state index contributed by atoms with van der Waals surface area (Å²) in [7, 11) is 0. The third-order valence-corrected chi connectivity index (χ3v) is 1.80. The standard InChI is InChI=1S/C7H7BrNO2/c1-5-2-6(8)3-9(11)7(5)4-10/h2-4,11H,1H3/q+1. The number of hydrogen-bond donors (Lipinski definition) is 1. The van der Waals surface area contributed by atoms with Crippen LogP contribution in [0.25, 0.3) is 0 Å². The number of halogens is 1. The lowest BCUT2D eigenvalue weighted by molar-refractivity contribution is -0.906. The Morgan fingerprint density at radius 1 is 1.73 bits per heavy atom. The van der Waals surface area contributed by atoms with Crippen molar-refractivity contribution >= 4 is 22.2 Å². The van der Waals surface area contributed by atoms with Gasteiger partial charge in [-0.05, 0) is 28.9 Å². The van der Waals surface area contributed by atoms with Crippen molar-refractivity contribution in [3.8, 4) is 0 Å². The SMILES string of the molecule is Cc1cc(Br)c[n+](O)c1C=O. The zero-order valence-electron chi connectivity index (χ0n) is 5.91. The summed E-state index contributed by atoms with van der Waals surface area (Å²) in [5, 5.41) is 9.13. The van der Waals surface area contributed by atoms with Gasteiger partial charge in [0.2, 0.25) is 12.5 Å². The first kappa shape index (κ1) is 8.20. The molecular weight excluding hydrogens is 210 g/mol. The molecule has 0 fully saturated rings. The highest BCUT2D eigenvalue weighted by Crippen LogP contribution is 2.09. The van der Waals surface area contributed by atoms with E-state index in [9.17, 15) is 4.79 Å². The minimum atomic E-state index is 0.271. The summed E-state index contributed by atoms with van der Waals surface area (Å²) < 4.78 is 1.54. The molecule has 4 heteroatoms. The van der Waals surface area contributed by atoms with Crippen LogP contribution in [0.4, 0.5) is 0 Å². The van der Waals surface area contributed by atoms with Crippen molar-refractivity contribution < 1.29 is 14.7 Å². The molecule has 58 valence electrons. The van der Waals surface area contributed by atoms with E-state index in [0.717, 1.165) is 14.8 Å². The number of rotatable bonds is 1. The maximum absolute atomic E-state index is 10.4. The number of aryl methyl sites for hydroxylation is 1. The van der Waals surface area contributed by atoms with Crippen LogP contribution in [0.3, 0.4) is 0 Å². The monoisotopic (exact) mass is 216 g/mol. The molecule has 0 radical (unpaired) electrons. The average Bonchev–Trinajstić information content (AvgIpc) is 1.85. The summed E-state index contributed by atoms with van der Waals surface area (Å²) in [6.45, 7) is 1.75. The molecule has 3 nitrogen and oxygen atoms in total. The van der Waals surface area contributed by atoms with Gasteiger partial charge in [-0.25, -0.2) is 0 Å². The quantitative estimate of drug-likeness (QED) is 0.434. The van der Waals surface area contributed by atoms with Crippen molar-refractivity contribution in [2.75, 3.05) is 0 Å². The van der Waals surface area contributed by atoms with E-state index in [-0.39, 0.29) is 5.69 Å². The fraction of sp³-hybridized carbons (Fsp3) is 0.143. The van der Waals surface area contributed by atoms with Gasteiger partial charge in [0.1, 0.15) is 0 Å². The molecule has 1 rings (SSSR count). The summed E-state index contributed by atoms with van der Waals surface area (Å²) in [5.74, 6) is 0. The summed E-state index contributed by atoms with van der Waals surface area (Å²) in [4.78, 5) is 10.4. The van der Waals surface area contributed by atoms with E-state index in [0.29, 0.717) is 6.29 Å². The number of hydrogen-bond acceptors (Lipinski definition) is 2. The lowest BCUT2D eigenvalue weighted by atomic mass is 10.2. The normalized spacial score (nSPS) is 9.64. The summed E-state index contributed by atoms with van der Waals surface area (Å²) in [6.07, 6.45) is 2.03. The molecule has 0 spiro atoms. The molecule has 0 amide bonds. The predicted molar refractivity (Wildman–Crippen MR) is 41.6 cm³/mol. The van der Waals surface area contributed by atoms with Gasteiger partial charge in [0.15, 0.2) is 0 Å². The first-order valence-electron chi connectivity index (χ1n) is 3.01. The molecule has 0 saturated heterocycles. The molecule has 1 aromatic rings. The Balaban J connectivity index is 3.36. The third-order valence-electron chi connectivity index (χ3n) is 1.36. The van der Waals surface area contributed by atoms with Crippen molar-refractivity contribution in [1.29, 1.82) is 0 Å². The van der Waals surface area contributed by atoms with E-state index in [4.69, 9.17) is 5.21 Å². The predicted octanol–water partition coefficient (Wildman–Crippen LogP) is 1.09. The second-order valence-electron chi connectivity index (χ2n) is 2.19. The lowest BCUT2D eigenvalue weighted by Gasteiger charge is -1.93. The zero-order valence-corrected chi connectivity index (χ0v) is 7.50. The van der Waals surface area contributed by atoms with E-state index >= 15 is 0 Å². The molecule has 11 heavy (non-hydrogen) atoms. The van der Waals surface area contributed by atoms with Gasteiger partial charge in [0.25, 0.3) is 5.69 Å². The molecule has 0 aliphatic rings. The van der Waals surface area contributed by atoms with Crippen molar-refractivity contribution in [2.45, 2.75) is 6.92 Å². The van der Waals surface area contributed by atoms with Crippen LogP contribution in [0.2, 0.25) is 0 Å². The molecule has 0 saturated carbocycles. The Labute approximate surface area is 72.4 Å². The van der Waals surface area contributed by atoms with E-state index in [1.807, 2.05) is 0 Å². The molecule has 0 aromatic carbocycles. The minimum Gasteiger partial charge on any atom is -0.291 e. The molecule has 0 atom stereocenters. The van der Waals surface area contributed by atoms with Gasteiger partial charge in [-0.2, -0.15) is 0 Å². The molecule has 0 aliphatic heterocycles. The molecule has 0 bridgehead atoms. The van der Waals surface area contributed by atoms with Gasteiger partial charge < -0.3 is 0 Å². The average molecular weight is 217 g/mol. The Bertz CT molecular complexity index is 275. The molecule has 1 heterocycles. The maximum atomic E-state index is 10.4. The third kappa shape index (κ3) is 1.57.